The van der Waals surface area contributed by atoms with Gasteiger partial charge in [0.15, 0.2) is 0 Å². The second kappa shape index (κ2) is 3.59. The van der Waals surface area contributed by atoms with Crippen LogP contribution in [0, 0.1) is 24.0 Å². The first kappa shape index (κ1) is 11.6. The van der Waals surface area contributed by atoms with E-state index < -0.39 is 19.9 Å². The first-order valence-electron chi connectivity index (χ1n) is 3.96. The fraction of sp³-hybridized carbons (Fsp3) is 0.250. The average Bonchev–Trinajstić information content (AvgIpc) is 2.06. The lowest BCUT2D eigenvalue weighted by molar-refractivity contribution is -0.385. The van der Waals surface area contributed by atoms with Crippen LogP contribution in [0.5, 0.6) is 0 Å². The summed E-state index contributed by atoms with van der Waals surface area (Å²) >= 11 is 0. The highest BCUT2D eigenvalue weighted by atomic mass is 32.2. The van der Waals surface area contributed by atoms with Gasteiger partial charge >= 0.3 is 0 Å². The van der Waals surface area contributed by atoms with Crippen molar-refractivity contribution in [2.24, 2.45) is 0 Å². The van der Waals surface area contributed by atoms with Gasteiger partial charge in [-0.25, -0.2) is 0 Å². The highest BCUT2D eigenvalue weighted by Crippen LogP contribution is 2.26. The summed E-state index contributed by atoms with van der Waals surface area (Å²) in [6, 6.07) is 2.45. The Morgan fingerprint density at radius 3 is 2.27 bits per heavy atom. The zero-order valence-electron chi connectivity index (χ0n) is 8.09. The number of nitro benzene ring substituents is 1. The molecule has 0 aromatic heterocycles. The lowest BCUT2D eigenvalue weighted by atomic mass is 10.1. The minimum atomic E-state index is -4.42. The number of hydrogen-bond donors (Lipinski definition) is 1. The molecule has 0 aliphatic heterocycles. The molecule has 0 aliphatic rings. The van der Waals surface area contributed by atoms with Crippen molar-refractivity contribution < 1.29 is 17.9 Å². The van der Waals surface area contributed by atoms with Gasteiger partial charge in [0.2, 0.25) is 0 Å². The molecular formula is C8H9NO5S. The van der Waals surface area contributed by atoms with Crippen LogP contribution in [0.4, 0.5) is 5.69 Å². The summed E-state index contributed by atoms with van der Waals surface area (Å²) in [6.45, 7) is 2.79. The predicted molar refractivity (Wildman–Crippen MR) is 52.4 cm³/mol. The van der Waals surface area contributed by atoms with Gasteiger partial charge in [0.25, 0.3) is 15.8 Å². The summed E-state index contributed by atoms with van der Waals surface area (Å²) in [5.41, 5.74) is 0.0238. The molecule has 0 spiro atoms. The van der Waals surface area contributed by atoms with E-state index in [1.54, 1.807) is 0 Å². The summed E-state index contributed by atoms with van der Waals surface area (Å²) in [5, 5.41) is 10.6. The highest BCUT2D eigenvalue weighted by molar-refractivity contribution is 7.85. The second-order valence-electron chi connectivity index (χ2n) is 3.14. The molecule has 0 fully saturated rings. The Hall–Kier alpha value is -1.47. The molecule has 0 radical (unpaired) electrons. The van der Waals surface area contributed by atoms with E-state index in [9.17, 15) is 18.5 Å². The molecule has 0 saturated heterocycles. The largest absolute Gasteiger partial charge is 0.295 e. The van der Waals surface area contributed by atoms with Crippen molar-refractivity contribution in [1.29, 1.82) is 0 Å². The van der Waals surface area contributed by atoms with Crippen LogP contribution in [0.25, 0.3) is 0 Å². The quantitative estimate of drug-likeness (QED) is 0.472. The molecule has 0 atom stereocenters. The van der Waals surface area contributed by atoms with Crippen LogP contribution in [-0.2, 0) is 10.1 Å². The third-order valence-corrected chi connectivity index (χ3v) is 2.93. The van der Waals surface area contributed by atoms with Crippen LogP contribution in [0.2, 0.25) is 0 Å². The molecule has 1 aromatic carbocycles. The van der Waals surface area contributed by atoms with Crippen LogP contribution in [0.3, 0.4) is 0 Å². The van der Waals surface area contributed by atoms with E-state index in [1.165, 1.54) is 26.0 Å². The van der Waals surface area contributed by atoms with Crippen molar-refractivity contribution in [3.63, 3.8) is 0 Å². The first-order chi connectivity index (χ1) is 6.73. The number of rotatable bonds is 2. The lowest BCUT2D eigenvalue weighted by Gasteiger charge is -2.04. The molecule has 6 nitrogen and oxygen atoms in total. The Morgan fingerprint density at radius 1 is 1.33 bits per heavy atom. The zero-order valence-corrected chi connectivity index (χ0v) is 8.91. The van der Waals surface area contributed by atoms with Gasteiger partial charge in [-0.1, -0.05) is 0 Å². The number of hydrogen-bond acceptors (Lipinski definition) is 4. The Labute approximate surface area is 86.4 Å². The van der Waals surface area contributed by atoms with E-state index in [4.69, 9.17) is 4.55 Å². The van der Waals surface area contributed by atoms with Gasteiger partial charge in [-0.2, -0.15) is 8.42 Å². The smallest absolute Gasteiger partial charge is 0.282 e. The van der Waals surface area contributed by atoms with Crippen LogP contribution >= 0.6 is 0 Å². The van der Waals surface area contributed by atoms with Gasteiger partial charge in [-0.15, -0.1) is 0 Å². The van der Waals surface area contributed by atoms with E-state index >= 15 is 0 Å². The fourth-order valence-electron chi connectivity index (χ4n) is 1.26. The molecule has 1 rings (SSSR count). The van der Waals surface area contributed by atoms with Crippen molar-refractivity contribution in [2.75, 3.05) is 0 Å². The van der Waals surface area contributed by atoms with Gasteiger partial charge in [0.1, 0.15) is 4.90 Å². The van der Waals surface area contributed by atoms with Crippen molar-refractivity contribution in [2.45, 2.75) is 18.7 Å². The minimum Gasteiger partial charge on any atom is -0.282 e. The normalized spacial score (nSPS) is 11.4. The predicted octanol–water partition coefficient (Wildman–Crippen LogP) is 1.46. The Bertz CT molecular complexity index is 520. The van der Waals surface area contributed by atoms with Crippen LogP contribution in [-0.4, -0.2) is 17.9 Å². The zero-order chi connectivity index (χ0) is 11.8. The van der Waals surface area contributed by atoms with Crippen molar-refractivity contribution in [3.05, 3.63) is 33.4 Å². The van der Waals surface area contributed by atoms with Gasteiger partial charge < -0.3 is 0 Å². The molecule has 1 aromatic rings. The van der Waals surface area contributed by atoms with Gasteiger partial charge in [0.05, 0.1) is 4.92 Å². The highest BCUT2D eigenvalue weighted by Gasteiger charge is 2.21. The van der Waals surface area contributed by atoms with Crippen LogP contribution < -0.4 is 0 Å². The van der Waals surface area contributed by atoms with E-state index in [-0.39, 0.29) is 11.3 Å². The van der Waals surface area contributed by atoms with Gasteiger partial charge in [-0.05, 0) is 25.5 Å². The summed E-state index contributed by atoms with van der Waals surface area (Å²) in [7, 11) is -4.42. The molecule has 0 bridgehead atoms. The molecule has 1 N–H and O–H groups in total. The Morgan fingerprint density at radius 2 is 1.87 bits per heavy atom. The maximum Gasteiger partial charge on any atom is 0.295 e. The van der Waals surface area contributed by atoms with E-state index in [0.29, 0.717) is 5.56 Å². The third-order valence-electron chi connectivity index (χ3n) is 1.95. The SMILES string of the molecule is Cc1cc([N+](=O)[O-])c(C)c(S(=O)(=O)O)c1. The van der Waals surface area contributed by atoms with Gasteiger partial charge in [0, 0.05) is 11.6 Å². The molecule has 0 amide bonds. The standard InChI is InChI=1S/C8H9NO5S/c1-5-3-7(9(10)11)6(2)8(4-5)15(12,13)14/h3-4H,1-2H3,(H,12,13,14). The molecule has 0 heterocycles. The lowest BCUT2D eigenvalue weighted by Crippen LogP contribution is -2.04. The number of aryl methyl sites for hydroxylation is 1. The molecule has 0 unspecified atom stereocenters. The first-order valence-corrected chi connectivity index (χ1v) is 5.40. The minimum absolute atomic E-state index is 0.0619. The van der Waals surface area contributed by atoms with Crippen LogP contribution in [0.1, 0.15) is 11.1 Å². The van der Waals surface area contributed by atoms with Crippen LogP contribution in [0.15, 0.2) is 17.0 Å². The van der Waals surface area contributed by atoms with E-state index in [0.717, 1.165) is 0 Å². The molecule has 0 aliphatic carbocycles. The van der Waals surface area contributed by atoms with E-state index in [1.807, 2.05) is 0 Å². The molecule has 82 valence electrons. The Kier molecular flexibility index (Phi) is 2.78. The second-order valence-corrected chi connectivity index (χ2v) is 4.53. The maximum absolute atomic E-state index is 10.9. The maximum atomic E-state index is 10.9. The number of nitrogens with zero attached hydrogens (tertiary/aromatic N) is 1. The third kappa shape index (κ3) is 2.31. The average molecular weight is 231 g/mol. The number of benzene rings is 1. The monoisotopic (exact) mass is 231 g/mol. The molecule has 0 saturated carbocycles. The molecule has 15 heavy (non-hydrogen) atoms. The Balaban J connectivity index is 3.63. The summed E-state index contributed by atoms with van der Waals surface area (Å²) in [6.07, 6.45) is 0. The topological polar surface area (TPSA) is 97.5 Å². The van der Waals surface area contributed by atoms with E-state index in [2.05, 4.69) is 0 Å². The molecule has 7 heteroatoms. The van der Waals surface area contributed by atoms with Crippen molar-refractivity contribution in [1.82, 2.24) is 0 Å². The summed E-state index contributed by atoms with van der Waals surface area (Å²) < 4.78 is 30.7. The van der Waals surface area contributed by atoms with Crippen molar-refractivity contribution >= 4 is 15.8 Å². The van der Waals surface area contributed by atoms with Gasteiger partial charge in [-0.3, -0.25) is 14.7 Å². The fourth-order valence-corrected chi connectivity index (χ4v) is 2.09. The number of nitro groups is 1. The van der Waals surface area contributed by atoms with Crippen molar-refractivity contribution in [3.8, 4) is 0 Å². The summed E-state index contributed by atoms with van der Waals surface area (Å²) in [4.78, 5) is 9.48. The summed E-state index contributed by atoms with van der Waals surface area (Å²) in [5.74, 6) is 0. The molecular weight excluding hydrogens is 222 g/mol.